The van der Waals surface area contributed by atoms with Crippen LogP contribution < -0.4 is 4.74 Å². The molecule has 30 heavy (non-hydrogen) atoms. The molecule has 0 N–H and O–H groups in total. The summed E-state index contributed by atoms with van der Waals surface area (Å²) in [6.45, 7) is 9.61. The molecule has 7 heteroatoms. The maximum Gasteiger partial charge on any atom is 0.243 e. The minimum atomic E-state index is -3.88. The van der Waals surface area contributed by atoms with Gasteiger partial charge in [0.05, 0.1) is 18.6 Å². The Kier molecular flexibility index (Phi) is 7.81. The molecule has 0 fully saturated rings. The van der Waals surface area contributed by atoms with Crippen LogP contribution in [0.2, 0.25) is 0 Å². The number of benzene rings is 2. The predicted molar refractivity (Wildman–Crippen MR) is 119 cm³/mol. The van der Waals surface area contributed by atoms with E-state index in [2.05, 4.69) is 6.58 Å². The molecule has 0 aliphatic carbocycles. The largest absolute Gasteiger partial charge is 0.497 e. The molecule has 0 saturated heterocycles. The van der Waals surface area contributed by atoms with Crippen molar-refractivity contribution >= 4 is 15.9 Å². The van der Waals surface area contributed by atoms with Crippen molar-refractivity contribution in [3.8, 4) is 5.75 Å². The van der Waals surface area contributed by atoms with Crippen molar-refractivity contribution in [3.63, 3.8) is 0 Å². The third kappa shape index (κ3) is 5.93. The third-order valence-electron chi connectivity index (χ3n) is 4.64. The highest BCUT2D eigenvalue weighted by Gasteiger charge is 2.32. The summed E-state index contributed by atoms with van der Waals surface area (Å²) in [5, 5.41) is 0. The highest BCUT2D eigenvalue weighted by atomic mass is 32.2. The zero-order valence-electron chi connectivity index (χ0n) is 18.0. The predicted octanol–water partition coefficient (Wildman–Crippen LogP) is 3.70. The Morgan fingerprint density at radius 2 is 1.67 bits per heavy atom. The maximum absolute atomic E-state index is 13.2. The van der Waals surface area contributed by atoms with Gasteiger partial charge in [0.25, 0.3) is 0 Å². The van der Waals surface area contributed by atoms with E-state index in [1.54, 1.807) is 17.0 Å². The summed E-state index contributed by atoms with van der Waals surface area (Å²) < 4.78 is 32.6. The van der Waals surface area contributed by atoms with Gasteiger partial charge in [-0.2, -0.15) is 4.31 Å². The standard InChI is InChI=1S/C23H30N2O4S/c1-6-16-24(30(27,28)21-14-12-20(29-5)13-15-21)18-22(26)25(23(2,3)4)17-19-10-8-7-9-11-19/h6-15H,1,16-18H2,2-5H3. The zero-order valence-corrected chi connectivity index (χ0v) is 18.9. The van der Waals surface area contributed by atoms with Crippen LogP contribution in [0.4, 0.5) is 0 Å². The van der Waals surface area contributed by atoms with Crippen molar-refractivity contribution in [2.24, 2.45) is 0 Å². The lowest BCUT2D eigenvalue weighted by atomic mass is 10.0. The van der Waals surface area contributed by atoms with Gasteiger partial charge in [-0.1, -0.05) is 36.4 Å². The van der Waals surface area contributed by atoms with Crippen LogP contribution in [0.5, 0.6) is 5.75 Å². The summed E-state index contributed by atoms with van der Waals surface area (Å²) in [6, 6.07) is 15.7. The van der Waals surface area contributed by atoms with E-state index in [4.69, 9.17) is 4.74 Å². The number of ether oxygens (including phenoxy) is 1. The molecule has 6 nitrogen and oxygen atoms in total. The lowest BCUT2D eigenvalue weighted by Gasteiger charge is -2.37. The topological polar surface area (TPSA) is 66.9 Å². The molecule has 0 heterocycles. The monoisotopic (exact) mass is 430 g/mol. The van der Waals surface area contributed by atoms with Crippen molar-refractivity contribution in [3.05, 3.63) is 72.8 Å². The van der Waals surface area contributed by atoms with E-state index in [9.17, 15) is 13.2 Å². The van der Waals surface area contributed by atoms with Crippen LogP contribution in [-0.2, 0) is 21.4 Å². The van der Waals surface area contributed by atoms with Gasteiger partial charge in [-0.15, -0.1) is 6.58 Å². The summed E-state index contributed by atoms with van der Waals surface area (Å²) >= 11 is 0. The minimum Gasteiger partial charge on any atom is -0.497 e. The van der Waals surface area contributed by atoms with Crippen LogP contribution in [0.3, 0.4) is 0 Å². The quantitative estimate of drug-likeness (QED) is 0.569. The number of rotatable bonds is 9. The minimum absolute atomic E-state index is 0.0312. The second-order valence-corrected chi connectivity index (χ2v) is 9.84. The summed E-state index contributed by atoms with van der Waals surface area (Å²) in [4.78, 5) is 15.0. The molecular formula is C23H30N2O4S. The third-order valence-corrected chi connectivity index (χ3v) is 6.46. The molecule has 162 valence electrons. The Bertz CT molecular complexity index is 949. The first-order valence-electron chi connectivity index (χ1n) is 9.69. The number of hydrogen-bond acceptors (Lipinski definition) is 4. The Balaban J connectivity index is 2.29. The molecule has 2 aromatic carbocycles. The fourth-order valence-corrected chi connectivity index (χ4v) is 4.35. The molecule has 0 atom stereocenters. The Morgan fingerprint density at radius 1 is 1.07 bits per heavy atom. The van der Waals surface area contributed by atoms with Crippen LogP contribution >= 0.6 is 0 Å². The molecule has 2 rings (SSSR count). The van der Waals surface area contributed by atoms with E-state index < -0.39 is 15.6 Å². The number of carbonyl (C=O) groups excluding carboxylic acids is 1. The van der Waals surface area contributed by atoms with Gasteiger partial charge >= 0.3 is 0 Å². The van der Waals surface area contributed by atoms with Gasteiger partial charge in [-0.05, 0) is 50.6 Å². The van der Waals surface area contributed by atoms with Crippen LogP contribution in [0.25, 0.3) is 0 Å². The number of carbonyl (C=O) groups is 1. The van der Waals surface area contributed by atoms with Gasteiger partial charge in [0, 0.05) is 18.6 Å². The highest BCUT2D eigenvalue weighted by Crippen LogP contribution is 2.22. The van der Waals surface area contributed by atoms with E-state index in [0.29, 0.717) is 12.3 Å². The molecule has 0 saturated carbocycles. The van der Waals surface area contributed by atoms with Crippen molar-refractivity contribution in [1.82, 2.24) is 9.21 Å². The molecule has 1 amide bonds. The fraction of sp³-hybridized carbons (Fsp3) is 0.348. The molecule has 0 spiro atoms. The molecule has 0 radical (unpaired) electrons. The summed E-state index contributed by atoms with van der Waals surface area (Å²) in [6.07, 6.45) is 1.48. The Labute approximate surface area is 179 Å². The van der Waals surface area contributed by atoms with E-state index in [-0.39, 0.29) is 23.9 Å². The number of amides is 1. The summed E-state index contributed by atoms with van der Waals surface area (Å²) in [5.74, 6) is 0.285. The van der Waals surface area contributed by atoms with E-state index >= 15 is 0 Å². The Hall–Kier alpha value is -2.64. The summed E-state index contributed by atoms with van der Waals surface area (Å²) in [7, 11) is -2.36. The molecule has 0 bridgehead atoms. The van der Waals surface area contributed by atoms with E-state index in [0.717, 1.165) is 9.87 Å². The van der Waals surface area contributed by atoms with Crippen LogP contribution in [0.1, 0.15) is 26.3 Å². The molecule has 0 unspecified atom stereocenters. The van der Waals surface area contributed by atoms with Crippen molar-refractivity contribution in [2.75, 3.05) is 20.2 Å². The zero-order chi connectivity index (χ0) is 22.4. The van der Waals surface area contributed by atoms with Crippen molar-refractivity contribution < 1.29 is 17.9 Å². The number of sulfonamides is 1. The second-order valence-electron chi connectivity index (χ2n) is 7.90. The van der Waals surface area contributed by atoms with Gasteiger partial charge in [0.1, 0.15) is 5.75 Å². The van der Waals surface area contributed by atoms with Crippen molar-refractivity contribution in [2.45, 2.75) is 37.8 Å². The lowest BCUT2D eigenvalue weighted by molar-refractivity contribution is -0.136. The van der Waals surface area contributed by atoms with Crippen LogP contribution in [-0.4, -0.2) is 49.3 Å². The number of hydrogen-bond donors (Lipinski definition) is 0. The van der Waals surface area contributed by atoms with Gasteiger partial charge in [-0.3, -0.25) is 4.79 Å². The lowest BCUT2D eigenvalue weighted by Crippen LogP contribution is -2.50. The van der Waals surface area contributed by atoms with Gasteiger partial charge in [0.2, 0.25) is 15.9 Å². The maximum atomic E-state index is 13.2. The Morgan fingerprint density at radius 3 is 2.17 bits per heavy atom. The van der Waals surface area contributed by atoms with E-state index in [1.165, 1.54) is 25.3 Å². The average molecular weight is 431 g/mol. The molecule has 2 aromatic rings. The fourth-order valence-electron chi connectivity index (χ4n) is 2.99. The smallest absolute Gasteiger partial charge is 0.243 e. The number of methoxy groups -OCH3 is 1. The van der Waals surface area contributed by atoms with Crippen molar-refractivity contribution in [1.29, 1.82) is 0 Å². The molecule has 0 aromatic heterocycles. The second kappa shape index (κ2) is 9.91. The molecule has 0 aliphatic heterocycles. The van der Waals surface area contributed by atoms with Gasteiger partial charge in [0.15, 0.2) is 0 Å². The van der Waals surface area contributed by atoms with Crippen LogP contribution in [0.15, 0.2) is 72.1 Å². The first-order chi connectivity index (χ1) is 14.1. The number of nitrogens with zero attached hydrogens (tertiary/aromatic N) is 2. The van der Waals surface area contributed by atoms with Gasteiger partial charge < -0.3 is 9.64 Å². The molecular weight excluding hydrogens is 400 g/mol. The van der Waals surface area contributed by atoms with Crippen LogP contribution in [0, 0.1) is 0 Å². The first-order valence-corrected chi connectivity index (χ1v) is 11.1. The molecule has 0 aliphatic rings. The van der Waals surface area contributed by atoms with Gasteiger partial charge in [-0.25, -0.2) is 8.42 Å². The SMILES string of the molecule is C=CCN(CC(=O)N(Cc1ccccc1)C(C)(C)C)S(=O)(=O)c1ccc(OC)cc1. The first kappa shape index (κ1) is 23.6. The van der Waals surface area contributed by atoms with E-state index in [1.807, 2.05) is 51.1 Å². The highest BCUT2D eigenvalue weighted by molar-refractivity contribution is 7.89. The average Bonchev–Trinajstić information content (AvgIpc) is 2.71. The normalized spacial score (nSPS) is 11.9. The summed E-state index contributed by atoms with van der Waals surface area (Å²) in [5.41, 5.74) is 0.505.